The molecule has 0 spiro atoms. The highest BCUT2D eigenvalue weighted by Crippen LogP contribution is 2.14. The standard InChI is InChI=1S/C21H21N3O3/c1-14(13-16-7-10-22-11-8-16)23-20(25)17-3-5-18(6-4-17)24-21(26)19-9-12-27-15(19)2/h3-12,14H,13H2,1-2H3,(H,23,25)(H,24,26). The van der Waals surface area contributed by atoms with Crippen molar-refractivity contribution in [2.24, 2.45) is 0 Å². The average Bonchev–Trinajstić information content (AvgIpc) is 3.09. The fraction of sp³-hybridized carbons (Fsp3) is 0.190. The van der Waals surface area contributed by atoms with Gasteiger partial charge in [-0.2, -0.15) is 0 Å². The summed E-state index contributed by atoms with van der Waals surface area (Å²) >= 11 is 0. The summed E-state index contributed by atoms with van der Waals surface area (Å²) in [5, 5.41) is 5.76. The predicted octanol–water partition coefficient (Wildman–Crippen LogP) is 3.60. The third kappa shape index (κ3) is 4.82. The Kier molecular flexibility index (Phi) is 5.66. The Balaban J connectivity index is 1.57. The number of benzene rings is 1. The van der Waals surface area contributed by atoms with Crippen LogP contribution in [0.4, 0.5) is 5.69 Å². The Hall–Kier alpha value is -3.41. The summed E-state index contributed by atoms with van der Waals surface area (Å²) in [6.07, 6.45) is 5.68. The maximum atomic E-state index is 12.4. The number of hydrogen-bond acceptors (Lipinski definition) is 4. The Morgan fingerprint density at radius 1 is 1.04 bits per heavy atom. The average molecular weight is 363 g/mol. The number of amides is 2. The van der Waals surface area contributed by atoms with Crippen molar-refractivity contribution in [3.05, 3.63) is 83.6 Å². The largest absolute Gasteiger partial charge is 0.469 e. The molecular weight excluding hydrogens is 342 g/mol. The van der Waals surface area contributed by atoms with E-state index in [1.54, 1.807) is 49.6 Å². The summed E-state index contributed by atoms with van der Waals surface area (Å²) in [4.78, 5) is 28.6. The van der Waals surface area contributed by atoms with Crippen LogP contribution in [0.1, 0.15) is 39.0 Å². The van der Waals surface area contributed by atoms with Crippen LogP contribution in [0, 0.1) is 6.92 Å². The molecule has 27 heavy (non-hydrogen) atoms. The molecule has 1 atom stereocenters. The van der Waals surface area contributed by atoms with Gasteiger partial charge in [-0.05, 0) is 68.3 Å². The first-order valence-electron chi connectivity index (χ1n) is 8.68. The van der Waals surface area contributed by atoms with Crippen molar-refractivity contribution >= 4 is 17.5 Å². The molecule has 1 unspecified atom stereocenters. The molecule has 138 valence electrons. The van der Waals surface area contributed by atoms with Crippen LogP contribution in [0.2, 0.25) is 0 Å². The minimum Gasteiger partial charge on any atom is -0.469 e. The normalized spacial score (nSPS) is 11.6. The van der Waals surface area contributed by atoms with Gasteiger partial charge >= 0.3 is 0 Å². The monoisotopic (exact) mass is 363 g/mol. The van der Waals surface area contributed by atoms with Crippen molar-refractivity contribution in [1.82, 2.24) is 10.3 Å². The van der Waals surface area contributed by atoms with Gasteiger partial charge in [0.2, 0.25) is 0 Å². The Morgan fingerprint density at radius 2 is 1.74 bits per heavy atom. The van der Waals surface area contributed by atoms with Crippen LogP contribution in [0.3, 0.4) is 0 Å². The molecule has 0 bridgehead atoms. The molecule has 6 nitrogen and oxygen atoms in total. The smallest absolute Gasteiger partial charge is 0.259 e. The number of rotatable bonds is 6. The molecule has 6 heteroatoms. The van der Waals surface area contributed by atoms with E-state index in [9.17, 15) is 9.59 Å². The van der Waals surface area contributed by atoms with Crippen LogP contribution < -0.4 is 10.6 Å². The lowest BCUT2D eigenvalue weighted by Gasteiger charge is -2.14. The summed E-state index contributed by atoms with van der Waals surface area (Å²) in [5.41, 5.74) is 2.75. The van der Waals surface area contributed by atoms with Crippen LogP contribution >= 0.6 is 0 Å². The highest BCUT2D eigenvalue weighted by molar-refractivity contribution is 6.05. The quantitative estimate of drug-likeness (QED) is 0.701. The molecule has 0 fully saturated rings. The van der Waals surface area contributed by atoms with Crippen molar-refractivity contribution in [3.63, 3.8) is 0 Å². The maximum Gasteiger partial charge on any atom is 0.259 e. The minimum atomic E-state index is -0.246. The third-order valence-electron chi connectivity index (χ3n) is 4.18. The summed E-state index contributed by atoms with van der Waals surface area (Å²) in [7, 11) is 0. The Bertz CT molecular complexity index is 917. The first-order valence-corrected chi connectivity index (χ1v) is 8.68. The summed E-state index contributed by atoms with van der Waals surface area (Å²) in [5.74, 6) is 0.163. The zero-order valence-corrected chi connectivity index (χ0v) is 15.2. The zero-order chi connectivity index (χ0) is 19.2. The molecule has 0 saturated carbocycles. The minimum absolute atomic E-state index is 0.0108. The van der Waals surface area contributed by atoms with Crippen LogP contribution in [0.25, 0.3) is 0 Å². The number of aromatic nitrogens is 1. The number of hydrogen-bond donors (Lipinski definition) is 2. The van der Waals surface area contributed by atoms with E-state index in [4.69, 9.17) is 4.42 Å². The first kappa shape index (κ1) is 18.4. The number of nitrogens with one attached hydrogen (secondary N) is 2. The van der Waals surface area contributed by atoms with Crippen LogP contribution in [0.15, 0.2) is 65.5 Å². The molecule has 0 aliphatic carbocycles. The second kappa shape index (κ2) is 8.31. The Labute approximate surface area is 157 Å². The number of carbonyl (C=O) groups is 2. The molecule has 2 aromatic heterocycles. The second-order valence-corrected chi connectivity index (χ2v) is 6.36. The van der Waals surface area contributed by atoms with Gasteiger partial charge in [-0.3, -0.25) is 14.6 Å². The molecule has 1 aromatic carbocycles. The topological polar surface area (TPSA) is 84.2 Å². The van der Waals surface area contributed by atoms with E-state index in [1.165, 1.54) is 6.26 Å². The van der Waals surface area contributed by atoms with Gasteiger partial charge in [-0.1, -0.05) is 0 Å². The van der Waals surface area contributed by atoms with E-state index < -0.39 is 0 Å². The van der Waals surface area contributed by atoms with Crippen molar-refractivity contribution in [3.8, 4) is 0 Å². The lowest BCUT2D eigenvalue weighted by atomic mass is 10.1. The molecule has 3 rings (SSSR count). The zero-order valence-electron chi connectivity index (χ0n) is 15.2. The fourth-order valence-corrected chi connectivity index (χ4v) is 2.75. The fourth-order valence-electron chi connectivity index (χ4n) is 2.75. The number of anilines is 1. The van der Waals surface area contributed by atoms with Gasteiger partial charge < -0.3 is 15.1 Å². The molecule has 0 saturated heterocycles. The van der Waals surface area contributed by atoms with Crippen LogP contribution in [0.5, 0.6) is 0 Å². The molecule has 2 N–H and O–H groups in total. The highest BCUT2D eigenvalue weighted by Gasteiger charge is 2.13. The molecule has 0 aliphatic rings. The predicted molar refractivity (Wildman–Crippen MR) is 103 cm³/mol. The van der Waals surface area contributed by atoms with E-state index >= 15 is 0 Å². The van der Waals surface area contributed by atoms with Gasteiger partial charge in [0.15, 0.2) is 0 Å². The van der Waals surface area contributed by atoms with Crippen molar-refractivity contribution < 1.29 is 14.0 Å². The molecule has 3 aromatic rings. The van der Waals surface area contributed by atoms with Gasteiger partial charge in [-0.15, -0.1) is 0 Å². The number of nitrogens with zero attached hydrogens (tertiary/aromatic N) is 1. The van der Waals surface area contributed by atoms with Gasteiger partial charge in [0.05, 0.1) is 11.8 Å². The lowest BCUT2D eigenvalue weighted by molar-refractivity contribution is 0.0939. The van der Waals surface area contributed by atoms with Gasteiger partial charge in [0.25, 0.3) is 11.8 Å². The summed E-state index contributed by atoms with van der Waals surface area (Å²) < 4.78 is 5.14. The Morgan fingerprint density at radius 3 is 2.37 bits per heavy atom. The van der Waals surface area contributed by atoms with Gasteiger partial charge in [-0.25, -0.2) is 0 Å². The SMILES string of the molecule is Cc1occc1C(=O)Nc1ccc(C(=O)NC(C)Cc2ccncc2)cc1. The van der Waals surface area contributed by atoms with Gasteiger partial charge in [0, 0.05) is 29.7 Å². The van der Waals surface area contributed by atoms with Gasteiger partial charge in [0.1, 0.15) is 5.76 Å². The van der Waals surface area contributed by atoms with E-state index in [0.717, 1.165) is 12.0 Å². The van der Waals surface area contributed by atoms with E-state index in [2.05, 4.69) is 15.6 Å². The number of carbonyl (C=O) groups excluding carboxylic acids is 2. The van der Waals surface area contributed by atoms with E-state index in [0.29, 0.717) is 22.6 Å². The maximum absolute atomic E-state index is 12.4. The molecule has 0 aliphatic heterocycles. The van der Waals surface area contributed by atoms with Crippen molar-refractivity contribution in [2.75, 3.05) is 5.32 Å². The first-order chi connectivity index (χ1) is 13.0. The third-order valence-corrected chi connectivity index (χ3v) is 4.18. The number of furan rings is 1. The molecule has 2 heterocycles. The van der Waals surface area contributed by atoms with Crippen LogP contribution in [-0.2, 0) is 6.42 Å². The van der Waals surface area contributed by atoms with Crippen molar-refractivity contribution in [1.29, 1.82) is 0 Å². The molecule has 2 amide bonds. The van der Waals surface area contributed by atoms with E-state index in [1.807, 2.05) is 19.1 Å². The van der Waals surface area contributed by atoms with Crippen LogP contribution in [-0.4, -0.2) is 22.8 Å². The molecular formula is C21H21N3O3. The lowest BCUT2D eigenvalue weighted by Crippen LogP contribution is -2.34. The summed E-state index contributed by atoms with van der Waals surface area (Å²) in [6.45, 7) is 3.69. The summed E-state index contributed by atoms with van der Waals surface area (Å²) in [6, 6.07) is 12.3. The number of aryl methyl sites for hydroxylation is 1. The van der Waals surface area contributed by atoms with E-state index in [-0.39, 0.29) is 17.9 Å². The highest BCUT2D eigenvalue weighted by atomic mass is 16.3. The van der Waals surface area contributed by atoms with Crippen molar-refractivity contribution in [2.45, 2.75) is 26.3 Å². The second-order valence-electron chi connectivity index (χ2n) is 6.36. The molecule has 0 radical (unpaired) electrons. The number of pyridine rings is 1.